The minimum atomic E-state index is 0.434. The summed E-state index contributed by atoms with van der Waals surface area (Å²) in [5, 5.41) is 0. The van der Waals surface area contributed by atoms with E-state index in [4.69, 9.17) is 15.2 Å². The van der Waals surface area contributed by atoms with Gasteiger partial charge in [-0.15, -0.1) is 0 Å². The van der Waals surface area contributed by atoms with Crippen LogP contribution in [-0.4, -0.2) is 55.3 Å². The molecule has 2 rings (SSSR count). The zero-order valence-corrected chi connectivity index (χ0v) is 16.1. The van der Waals surface area contributed by atoms with Crippen LogP contribution in [0.2, 0.25) is 0 Å². The number of aromatic nitrogens is 2. The highest BCUT2D eigenvalue weighted by atomic mass is 16.5. The molecule has 7 heteroatoms. The molecule has 0 saturated heterocycles. The number of nitrogen functional groups attached to an aromatic ring is 1. The lowest BCUT2D eigenvalue weighted by Crippen LogP contribution is -2.25. The molecule has 0 aliphatic rings. The number of nitrogens with two attached hydrogens (primary N) is 1. The van der Waals surface area contributed by atoms with Crippen LogP contribution in [-0.2, 0) is 0 Å². The minimum absolute atomic E-state index is 0.434. The van der Waals surface area contributed by atoms with Gasteiger partial charge >= 0.3 is 0 Å². The van der Waals surface area contributed by atoms with E-state index in [2.05, 4.69) is 28.7 Å². The van der Waals surface area contributed by atoms with Crippen molar-refractivity contribution in [2.75, 3.05) is 51.0 Å². The molecule has 0 saturated carbocycles. The Labute approximate surface area is 155 Å². The summed E-state index contributed by atoms with van der Waals surface area (Å²) in [6, 6.07) is 7.42. The number of rotatable bonds is 10. The number of nitrogens with zero attached hydrogens (tertiary/aromatic N) is 4. The molecule has 0 fully saturated rings. The fraction of sp³-hybridized carbons (Fsp3) is 0.474. The smallest absolute Gasteiger partial charge is 0.231 e. The van der Waals surface area contributed by atoms with E-state index in [1.165, 1.54) is 0 Å². The first-order valence-electron chi connectivity index (χ1n) is 8.94. The van der Waals surface area contributed by atoms with E-state index >= 15 is 0 Å². The number of benzene rings is 1. The van der Waals surface area contributed by atoms with Crippen molar-refractivity contribution in [3.05, 3.63) is 30.5 Å². The van der Waals surface area contributed by atoms with Crippen molar-refractivity contribution >= 4 is 17.5 Å². The van der Waals surface area contributed by atoms with Crippen molar-refractivity contribution in [2.24, 2.45) is 0 Å². The normalized spacial score (nSPS) is 10.8. The molecule has 0 amide bonds. The van der Waals surface area contributed by atoms with Crippen LogP contribution in [0.3, 0.4) is 0 Å². The summed E-state index contributed by atoms with van der Waals surface area (Å²) >= 11 is 0. The highest BCUT2D eigenvalue weighted by Gasteiger charge is 2.12. The zero-order valence-electron chi connectivity index (χ0n) is 16.1. The quantitative estimate of drug-likeness (QED) is 0.654. The average Bonchev–Trinajstić information content (AvgIpc) is 2.67. The SMILES string of the molecule is CCN(CC)CCCOc1cc(N(C)c2nccc(N)n2)ccc1OC. The second-order valence-corrected chi connectivity index (χ2v) is 5.90. The van der Waals surface area contributed by atoms with Gasteiger partial charge in [-0.05, 0) is 37.7 Å². The molecule has 0 aliphatic heterocycles. The molecule has 0 bridgehead atoms. The lowest BCUT2D eigenvalue weighted by atomic mass is 10.2. The fourth-order valence-corrected chi connectivity index (χ4v) is 2.64. The van der Waals surface area contributed by atoms with E-state index in [-0.39, 0.29) is 0 Å². The van der Waals surface area contributed by atoms with E-state index in [1.807, 2.05) is 30.1 Å². The van der Waals surface area contributed by atoms with Gasteiger partial charge in [0, 0.05) is 31.5 Å². The van der Waals surface area contributed by atoms with Crippen molar-refractivity contribution in [1.29, 1.82) is 0 Å². The van der Waals surface area contributed by atoms with E-state index < -0.39 is 0 Å². The molecule has 0 atom stereocenters. The highest BCUT2D eigenvalue weighted by Crippen LogP contribution is 2.33. The lowest BCUT2D eigenvalue weighted by molar-refractivity contribution is 0.242. The average molecular weight is 359 g/mol. The van der Waals surface area contributed by atoms with Gasteiger partial charge in [0.05, 0.1) is 13.7 Å². The second kappa shape index (κ2) is 9.82. The summed E-state index contributed by atoms with van der Waals surface area (Å²) in [6.07, 6.45) is 2.60. The molecule has 0 radical (unpaired) electrons. The van der Waals surface area contributed by atoms with Crippen molar-refractivity contribution < 1.29 is 9.47 Å². The van der Waals surface area contributed by atoms with Crippen LogP contribution < -0.4 is 20.1 Å². The molecule has 7 nitrogen and oxygen atoms in total. The first kappa shape index (κ1) is 19.8. The van der Waals surface area contributed by atoms with Crippen molar-refractivity contribution in [3.63, 3.8) is 0 Å². The summed E-state index contributed by atoms with van der Waals surface area (Å²) < 4.78 is 11.4. The maximum atomic E-state index is 5.97. The summed E-state index contributed by atoms with van der Waals surface area (Å²) in [5.41, 5.74) is 6.65. The molecule has 2 N–H and O–H groups in total. The number of hydrogen-bond donors (Lipinski definition) is 1. The van der Waals surface area contributed by atoms with Crippen LogP contribution in [0.15, 0.2) is 30.5 Å². The monoisotopic (exact) mass is 359 g/mol. The molecule has 1 heterocycles. The summed E-state index contributed by atoms with van der Waals surface area (Å²) in [6.45, 7) is 8.11. The van der Waals surface area contributed by atoms with Gasteiger partial charge in [-0.3, -0.25) is 0 Å². The van der Waals surface area contributed by atoms with Crippen LogP contribution >= 0.6 is 0 Å². The Balaban J connectivity index is 2.07. The molecule has 26 heavy (non-hydrogen) atoms. The Hall–Kier alpha value is -2.54. The largest absolute Gasteiger partial charge is 0.493 e. The lowest BCUT2D eigenvalue weighted by Gasteiger charge is -2.20. The summed E-state index contributed by atoms with van der Waals surface area (Å²) in [5.74, 6) is 2.38. The van der Waals surface area contributed by atoms with E-state index in [0.717, 1.165) is 31.7 Å². The Bertz CT molecular complexity index is 691. The topological polar surface area (TPSA) is 76.7 Å². The summed E-state index contributed by atoms with van der Waals surface area (Å²) in [4.78, 5) is 12.7. The predicted octanol–water partition coefficient (Wildman–Crippen LogP) is 2.95. The standard InChI is InChI=1S/C19H29N5O2/c1-5-24(6-2)12-7-13-26-17-14-15(8-9-16(17)25-4)23(3)19-21-11-10-18(20)22-19/h8-11,14H,5-7,12-13H2,1-4H3,(H2,20,21,22). The van der Waals surface area contributed by atoms with Crippen molar-refractivity contribution in [3.8, 4) is 11.5 Å². The maximum Gasteiger partial charge on any atom is 0.231 e. The van der Waals surface area contributed by atoms with Gasteiger partial charge in [0.2, 0.25) is 5.95 Å². The third kappa shape index (κ3) is 5.23. The van der Waals surface area contributed by atoms with Crippen molar-refractivity contribution in [1.82, 2.24) is 14.9 Å². The van der Waals surface area contributed by atoms with Crippen LogP contribution in [0.5, 0.6) is 11.5 Å². The number of hydrogen-bond acceptors (Lipinski definition) is 7. The number of methoxy groups -OCH3 is 1. The molecule has 0 spiro atoms. The van der Waals surface area contributed by atoms with Crippen LogP contribution in [0.4, 0.5) is 17.5 Å². The molecule has 0 aliphatic carbocycles. The molecule has 0 unspecified atom stereocenters. The zero-order chi connectivity index (χ0) is 18.9. The third-order valence-corrected chi connectivity index (χ3v) is 4.27. The molecule has 2 aromatic rings. The van der Waals surface area contributed by atoms with Crippen LogP contribution in [0.1, 0.15) is 20.3 Å². The van der Waals surface area contributed by atoms with Gasteiger partial charge in [0.1, 0.15) is 5.82 Å². The Morgan fingerprint density at radius 1 is 1.12 bits per heavy atom. The number of ether oxygens (including phenoxy) is 2. The highest BCUT2D eigenvalue weighted by molar-refractivity contribution is 5.62. The van der Waals surface area contributed by atoms with Crippen molar-refractivity contribution in [2.45, 2.75) is 20.3 Å². The van der Waals surface area contributed by atoms with Gasteiger partial charge in [0.25, 0.3) is 0 Å². The van der Waals surface area contributed by atoms with Gasteiger partial charge in [-0.1, -0.05) is 13.8 Å². The molecular formula is C19H29N5O2. The second-order valence-electron chi connectivity index (χ2n) is 5.90. The molecule has 1 aromatic heterocycles. The van der Waals surface area contributed by atoms with Gasteiger partial charge in [-0.2, -0.15) is 4.98 Å². The number of anilines is 3. The van der Waals surface area contributed by atoms with Gasteiger partial charge < -0.3 is 25.0 Å². The van der Waals surface area contributed by atoms with Gasteiger partial charge in [-0.25, -0.2) is 4.98 Å². The fourth-order valence-electron chi connectivity index (χ4n) is 2.64. The van der Waals surface area contributed by atoms with E-state index in [9.17, 15) is 0 Å². The molecular weight excluding hydrogens is 330 g/mol. The first-order valence-corrected chi connectivity index (χ1v) is 8.94. The maximum absolute atomic E-state index is 5.97. The van der Waals surface area contributed by atoms with Crippen LogP contribution in [0.25, 0.3) is 0 Å². The van der Waals surface area contributed by atoms with E-state index in [1.54, 1.807) is 19.4 Å². The Morgan fingerprint density at radius 2 is 1.88 bits per heavy atom. The Morgan fingerprint density at radius 3 is 2.54 bits per heavy atom. The minimum Gasteiger partial charge on any atom is -0.493 e. The first-order chi connectivity index (χ1) is 12.6. The molecule has 142 valence electrons. The Kier molecular flexibility index (Phi) is 7.47. The van der Waals surface area contributed by atoms with Gasteiger partial charge in [0.15, 0.2) is 11.5 Å². The molecule has 1 aromatic carbocycles. The predicted molar refractivity (Wildman–Crippen MR) is 105 cm³/mol. The van der Waals surface area contributed by atoms with E-state index in [0.29, 0.717) is 29.9 Å². The third-order valence-electron chi connectivity index (χ3n) is 4.27. The summed E-state index contributed by atoms with van der Waals surface area (Å²) in [7, 11) is 3.53. The van der Waals surface area contributed by atoms with Crippen LogP contribution in [0, 0.1) is 0 Å².